The van der Waals surface area contributed by atoms with Crippen molar-refractivity contribution in [3.05, 3.63) is 22.4 Å². The van der Waals surface area contributed by atoms with Crippen LogP contribution in [0.5, 0.6) is 0 Å². The number of nitrogens with one attached hydrogen (secondary N) is 1. The molecule has 0 radical (unpaired) electrons. The normalized spacial score (nSPS) is 22.1. The molecule has 3 rings (SSSR count). The second kappa shape index (κ2) is 7.92. The SMILES string of the molecule is Cl.O=C(c1ccsc1)N1CCN(C(=O)C2COCCN2)CC1. The fourth-order valence-electron chi connectivity index (χ4n) is 2.64. The van der Waals surface area contributed by atoms with Gasteiger partial charge in [-0.05, 0) is 11.4 Å². The van der Waals surface area contributed by atoms with Crippen molar-refractivity contribution in [3.63, 3.8) is 0 Å². The zero-order valence-corrected chi connectivity index (χ0v) is 13.8. The number of thiophene rings is 1. The predicted octanol–water partition coefficient (Wildman–Crippen LogP) is 0.443. The minimum atomic E-state index is -0.238. The molecule has 2 saturated heterocycles. The zero-order chi connectivity index (χ0) is 14.7. The Balaban J connectivity index is 0.00000176. The first-order valence-corrected chi connectivity index (χ1v) is 8.11. The van der Waals surface area contributed by atoms with E-state index in [0.29, 0.717) is 45.9 Å². The number of nitrogens with zero attached hydrogens (tertiary/aromatic N) is 2. The van der Waals surface area contributed by atoms with Gasteiger partial charge in [-0.1, -0.05) is 0 Å². The molecule has 1 unspecified atom stereocenters. The maximum absolute atomic E-state index is 12.3. The molecule has 1 atom stereocenters. The van der Waals surface area contributed by atoms with Crippen LogP contribution in [0.15, 0.2) is 16.8 Å². The number of ether oxygens (including phenoxy) is 1. The van der Waals surface area contributed by atoms with Gasteiger partial charge in [0.15, 0.2) is 0 Å². The molecule has 6 nitrogen and oxygen atoms in total. The highest BCUT2D eigenvalue weighted by atomic mass is 35.5. The summed E-state index contributed by atoms with van der Waals surface area (Å²) in [4.78, 5) is 28.2. The van der Waals surface area contributed by atoms with Gasteiger partial charge >= 0.3 is 0 Å². The van der Waals surface area contributed by atoms with Gasteiger partial charge in [-0.15, -0.1) is 12.4 Å². The Kier molecular flexibility index (Phi) is 6.19. The van der Waals surface area contributed by atoms with Gasteiger partial charge in [0.25, 0.3) is 5.91 Å². The summed E-state index contributed by atoms with van der Waals surface area (Å²) >= 11 is 1.52. The van der Waals surface area contributed by atoms with Crippen LogP contribution in [0.4, 0.5) is 0 Å². The lowest BCUT2D eigenvalue weighted by Gasteiger charge is -2.37. The van der Waals surface area contributed by atoms with Gasteiger partial charge in [-0.3, -0.25) is 9.59 Å². The predicted molar refractivity (Wildman–Crippen MR) is 86.7 cm³/mol. The first kappa shape index (κ1) is 17.2. The number of carbonyl (C=O) groups excluding carboxylic acids is 2. The molecule has 2 amide bonds. The van der Waals surface area contributed by atoms with Crippen LogP contribution in [0.3, 0.4) is 0 Å². The van der Waals surface area contributed by atoms with Crippen molar-refractivity contribution in [1.29, 1.82) is 0 Å². The number of morpholine rings is 1. The fourth-order valence-corrected chi connectivity index (χ4v) is 3.27. The average Bonchev–Trinajstić information content (AvgIpc) is 3.09. The highest BCUT2D eigenvalue weighted by Gasteiger charge is 2.30. The number of carbonyl (C=O) groups is 2. The van der Waals surface area contributed by atoms with E-state index in [9.17, 15) is 9.59 Å². The third-order valence-electron chi connectivity index (χ3n) is 3.87. The van der Waals surface area contributed by atoms with E-state index >= 15 is 0 Å². The summed E-state index contributed by atoms with van der Waals surface area (Å²) in [5.41, 5.74) is 0.738. The van der Waals surface area contributed by atoms with E-state index in [-0.39, 0.29) is 30.3 Å². The summed E-state index contributed by atoms with van der Waals surface area (Å²) in [6.07, 6.45) is 0. The Labute approximate surface area is 139 Å². The number of rotatable bonds is 2. The molecule has 3 heterocycles. The molecule has 0 aliphatic carbocycles. The summed E-state index contributed by atoms with van der Waals surface area (Å²) in [7, 11) is 0. The maximum Gasteiger partial charge on any atom is 0.254 e. The van der Waals surface area contributed by atoms with E-state index in [2.05, 4.69) is 5.32 Å². The van der Waals surface area contributed by atoms with Gasteiger partial charge in [-0.2, -0.15) is 11.3 Å². The lowest BCUT2D eigenvalue weighted by atomic mass is 10.2. The standard InChI is InChI=1S/C14H19N3O3S.ClH/c18-13(11-1-8-21-10-11)16-3-5-17(6-4-16)14(19)12-9-20-7-2-15-12;/h1,8,10,12,15H,2-7,9H2;1H. The molecule has 2 aliphatic heterocycles. The van der Waals surface area contributed by atoms with Crippen molar-refractivity contribution < 1.29 is 14.3 Å². The largest absolute Gasteiger partial charge is 0.378 e. The third kappa shape index (κ3) is 3.78. The van der Waals surface area contributed by atoms with Crippen molar-refractivity contribution in [2.75, 3.05) is 45.9 Å². The number of hydrogen-bond acceptors (Lipinski definition) is 5. The van der Waals surface area contributed by atoms with Crippen molar-refractivity contribution in [2.45, 2.75) is 6.04 Å². The molecule has 8 heteroatoms. The van der Waals surface area contributed by atoms with Gasteiger partial charge in [0.1, 0.15) is 6.04 Å². The van der Waals surface area contributed by atoms with E-state index < -0.39 is 0 Å². The molecule has 1 aromatic heterocycles. The molecule has 0 aromatic carbocycles. The smallest absolute Gasteiger partial charge is 0.254 e. The fraction of sp³-hybridized carbons (Fsp3) is 0.571. The zero-order valence-electron chi connectivity index (χ0n) is 12.2. The molecule has 2 aliphatic rings. The maximum atomic E-state index is 12.3. The minimum absolute atomic E-state index is 0. The molecular weight excluding hydrogens is 326 g/mol. The van der Waals surface area contributed by atoms with Crippen LogP contribution in [0.2, 0.25) is 0 Å². The van der Waals surface area contributed by atoms with E-state index in [1.54, 1.807) is 0 Å². The first-order valence-electron chi connectivity index (χ1n) is 7.17. The minimum Gasteiger partial charge on any atom is -0.378 e. The monoisotopic (exact) mass is 345 g/mol. The molecule has 2 fully saturated rings. The number of piperazine rings is 1. The molecule has 1 aromatic rings. The summed E-state index contributed by atoms with van der Waals surface area (Å²) < 4.78 is 5.33. The van der Waals surface area contributed by atoms with Crippen molar-refractivity contribution in [2.24, 2.45) is 0 Å². The molecule has 22 heavy (non-hydrogen) atoms. The summed E-state index contributed by atoms with van der Waals surface area (Å²) in [6.45, 7) is 4.17. The van der Waals surface area contributed by atoms with E-state index in [4.69, 9.17) is 4.74 Å². The molecular formula is C14H20ClN3O3S. The van der Waals surface area contributed by atoms with E-state index in [0.717, 1.165) is 5.56 Å². The van der Waals surface area contributed by atoms with Crippen LogP contribution >= 0.6 is 23.7 Å². The second-order valence-corrected chi connectivity index (χ2v) is 5.99. The molecule has 0 saturated carbocycles. The average molecular weight is 346 g/mol. The van der Waals surface area contributed by atoms with Gasteiger partial charge in [-0.25, -0.2) is 0 Å². The molecule has 0 spiro atoms. The summed E-state index contributed by atoms with van der Waals surface area (Å²) in [5.74, 6) is 0.139. The quantitative estimate of drug-likeness (QED) is 0.845. The lowest BCUT2D eigenvalue weighted by molar-refractivity contribution is -0.137. The summed E-state index contributed by atoms with van der Waals surface area (Å²) in [5, 5.41) is 6.95. The van der Waals surface area contributed by atoms with Crippen molar-refractivity contribution >= 4 is 35.6 Å². The van der Waals surface area contributed by atoms with E-state index in [1.165, 1.54) is 11.3 Å². The van der Waals surface area contributed by atoms with Crippen LogP contribution in [-0.2, 0) is 9.53 Å². The highest BCUT2D eigenvalue weighted by Crippen LogP contribution is 2.12. The topological polar surface area (TPSA) is 61.9 Å². The van der Waals surface area contributed by atoms with E-state index in [1.807, 2.05) is 26.6 Å². The second-order valence-electron chi connectivity index (χ2n) is 5.21. The Morgan fingerprint density at radius 3 is 2.55 bits per heavy atom. The van der Waals surface area contributed by atoms with Crippen LogP contribution in [0.25, 0.3) is 0 Å². The van der Waals surface area contributed by atoms with Gasteiger partial charge in [0.2, 0.25) is 5.91 Å². The van der Waals surface area contributed by atoms with Gasteiger partial charge in [0, 0.05) is 38.1 Å². The van der Waals surface area contributed by atoms with Crippen molar-refractivity contribution in [1.82, 2.24) is 15.1 Å². The first-order chi connectivity index (χ1) is 10.3. The van der Waals surface area contributed by atoms with Gasteiger partial charge in [0.05, 0.1) is 18.8 Å². The number of hydrogen-bond donors (Lipinski definition) is 1. The van der Waals surface area contributed by atoms with Crippen LogP contribution in [-0.4, -0.2) is 73.6 Å². The Bertz CT molecular complexity index is 497. The molecule has 122 valence electrons. The third-order valence-corrected chi connectivity index (χ3v) is 4.55. The Morgan fingerprint density at radius 2 is 1.95 bits per heavy atom. The van der Waals surface area contributed by atoms with Gasteiger partial charge < -0.3 is 19.9 Å². The highest BCUT2D eigenvalue weighted by molar-refractivity contribution is 7.08. The van der Waals surface area contributed by atoms with Crippen LogP contribution in [0.1, 0.15) is 10.4 Å². The molecule has 1 N–H and O–H groups in total. The number of amides is 2. The lowest BCUT2D eigenvalue weighted by Crippen LogP contribution is -2.57. The van der Waals surface area contributed by atoms with Crippen LogP contribution in [0, 0.1) is 0 Å². The van der Waals surface area contributed by atoms with Crippen molar-refractivity contribution in [3.8, 4) is 0 Å². The van der Waals surface area contributed by atoms with Crippen LogP contribution < -0.4 is 5.32 Å². The summed E-state index contributed by atoms with van der Waals surface area (Å²) in [6, 6.07) is 1.60. The molecule has 0 bridgehead atoms. The Morgan fingerprint density at radius 1 is 1.23 bits per heavy atom. The Hall–Kier alpha value is -1.15. The number of halogens is 1.